The van der Waals surface area contributed by atoms with Crippen LogP contribution in [-0.2, 0) is 34.3 Å². The first-order valence-electron chi connectivity index (χ1n) is 12.3. The number of nitrogens with two attached hydrogens (primary N) is 2. The number of urea groups is 1. The van der Waals surface area contributed by atoms with E-state index in [9.17, 15) is 42.0 Å². The van der Waals surface area contributed by atoms with E-state index in [4.69, 9.17) is 21.0 Å². The maximum absolute atomic E-state index is 13.2. The Morgan fingerprint density at radius 1 is 1.29 bits per heavy atom. The number of aromatic nitrogens is 1. The number of carboxylic acids is 1. The predicted octanol–water partition coefficient (Wildman–Crippen LogP) is -3.36. The van der Waals surface area contributed by atoms with Gasteiger partial charge in [-0.2, -0.15) is 8.42 Å². The zero-order valence-corrected chi connectivity index (χ0v) is 23.2. The Bertz CT molecular complexity index is 1410. The van der Waals surface area contributed by atoms with Crippen LogP contribution in [0.25, 0.3) is 0 Å². The lowest BCUT2D eigenvalue weighted by Crippen LogP contribution is -2.74. The Labute approximate surface area is 241 Å². The Balaban J connectivity index is 1.47. The summed E-state index contributed by atoms with van der Waals surface area (Å²) in [6.07, 6.45) is -1.47. The van der Waals surface area contributed by atoms with Crippen molar-refractivity contribution in [3.8, 4) is 0 Å². The van der Waals surface area contributed by atoms with E-state index in [1.807, 2.05) is 0 Å². The number of anilines is 1. The van der Waals surface area contributed by atoms with E-state index in [0.717, 1.165) is 16.2 Å². The number of β-lactam (4-membered cyclic amide) rings is 1. The van der Waals surface area contributed by atoms with Crippen molar-refractivity contribution in [2.45, 2.75) is 36.6 Å². The second kappa shape index (κ2) is 11.9. The van der Waals surface area contributed by atoms with Crippen molar-refractivity contribution in [1.29, 1.82) is 0 Å². The first kappa shape index (κ1) is 30.7. The third-order valence-corrected chi connectivity index (χ3v) is 7.99. The molecule has 1 aromatic rings. The number of oxime groups is 1. The SMILES string of the molecule is NCCNC(=O)NCC1CN(CC2C(NC(=O)C(=NOC3(C(=O)O)CC3)c3csc(N)n3)C(=O)N2S(=O)(=O)O)C(=O)O1. The van der Waals surface area contributed by atoms with Gasteiger partial charge in [0.1, 0.15) is 17.8 Å². The molecule has 230 valence electrons. The van der Waals surface area contributed by atoms with Gasteiger partial charge >= 0.3 is 28.4 Å². The largest absolute Gasteiger partial charge is 0.478 e. The van der Waals surface area contributed by atoms with Gasteiger partial charge in [-0.15, -0.1) is 11.3 Å². The molecule has 20 nitrogen and oxygen atoms in total. The van der Waals surface area contributed by atoms with Crippen molar-refractivity contribution in [3.63, 3.8) is 0 Å². The number of aliphatic carboxylic acids is 1. The number of thiazole rings is 1. The van der Waals surface area contributed by atoms with Gasteiger partial charge in [0.15, 0.2) is 10.8 Å². The molecule has 3 fully saturated rings. The highest BCUT2D eigenvalue weighted by Crippen LogP contribution is 2.40. The topological polar surface area (TPSA) is 298 Å². The fraction of sp³-hybridized carbons (Fsp3) is 0.550. The minimum Gasteiger partial charge on any atom is -0.478 e. The summed E-state index contributed by atoms with van der Waals surface area (Å²) in [5.74, 6) is -3.63. The minimum atomic E-state index is -5.11. The maximum Gasteiger partial charge on any atom is 0.410 e. The molecule has 3 aliphatic rings. The molecule has 0 spiro atoms. The number of cyclic esters (lactones) is 1. The summed E-state index contributed by atoms with van der Waals surface area (Å²) in [5.41, 5.74) is 8.65. The van der Waals surface area contributed by atoms with Crippen LogP contribution in [-0.4, -0.2) is 124 Å². The van der Waals surface area contributed by atoms with E-state index in [1.165, 1.54) is 5.38 Å². The summed E-state index contributed by atoms with van der Waals surface area (Å²) in [4.78, 5) is 71.6. The lowest BCUT2D eigenvalue weighted by Gasteiger charge is -2.45. The zero-order chi connectivity index (χ0) is 30.8. The number of nitrogen functional groups attached to an aromatic ring is 1. The number of hydrogen-bond donors (Lipinski definition) is 7. The molecule has 2 saturated heterocycles. The van der Waals surface area contributed by atoms with Gasteiger partial charge in [0, 0.05) is 37.9 Å². The van der Waals surface area contributed by atoms with E-state index in [0.29, 0.717) is 0 Å². The lowest BCUT2D eigenvalue weighted by molar-refractivity contribution is -0.153. The van der Waals surface area contributed by atoms with Crippen molar-refractivity contribution >= 4 is 62.4 Å². The first-order valence-corrected chi connectivity index (χ1v) is 14.5. The van der Waals surface area contributed by atoms with Crippen LogP contribution in [0.4, 0.5) is 14.7 Å². The molecule has 1 saturated carbocycles. The van der Waals surface area contributed by atoms with Crippen LogP contribution in [0.5, 0.6) is 0 Å². The van der Waals surface area contributed by atoms with Gasteiger partial charge in [-0.3, -0.25) is 14.1 Å². The van der Waals surface area contributed by atoms with Crippen LogP contribution in [0.15, 0.2) is 10.5 Å². The number of hydrogen-bond acceptors (Lipinski definition) is 14. The average molecular weight is 634 g/mol. The fourth-order valence-electron chi connectivity index (χ4n) is 4.05. The highest BCUT2D eigenvalue weighted by Gasteiger charge is 2.56. The van der Waals surface area contributed by atoms with Crippen molar-refractivity contribution in [1.82, 2.24) is 30.1 Å². The quantitative estimate of drug-likeness (QED) is 0.0483. The third kappa shape index (κ3) is 6.61. The van der Waals surface area contributed by atoms with Crippen LogP contribution < -0.4 is 27.4 Å². The monoisotopic (exact) mass is 633 g/mol. The standard InChI is InChI=1S/C20H27N9O11S2/c21-3-4-23-18(34)24-5-9-6-28(19(35)39-9)7-11-13(15(31)29(11)42(36,37)38)26-14(30)12(10-8-41-17(22)25-10)27-40-20(1-2-20)16(32)33/h8-9,11,13H,1-7,21H2,(H2,22,25)(H,26,30)(H,32,33)(H2,23,24,34)(H,36,37,38). The molecule has 0 bridgehead atoms. The number of nitrogens with zero attached hydrogens (tertiary/aromatic N) is 4. The molecule has 3 unspecified atom stereocenters. The molecule has 0 radical (unpaired) electrons. The van der Waals surface area contributed by atoms with Gasteiger partial charge in [0.05, 0.1) is 19.1 Å². The summed E-state index contributed by atoms with van der Waals surface area (Å²) < 4.78 is 38.7. The summed E-state index contributed by atoms with van der Waals surface area (Å²) in [6, 6.07) is -3.61. The van der Waals surface area contributed by atoms with Crippen molar-refractivity contribution in [2.24, 2.45) is 10.9 Å². The van der Waals surface area contributed by atoms with E-state index in [2.05, 4.69) is 26.1 Å². The molecule has 1 aromatic heterocycles. The van der Waals surface area contributed by atoms with Gasteiger partial charge in [-0.25, -0.2) is 23.7 Å². The van der Waals surface area contributed by atoms with E-state index < -0.39 is 76.3 Å². The Morgan fingerprint density at radius 2 is 2.00 bits per heavy atom. The number of rotatable bonds is 13. The summed E-state index contributed by atoms with van der Waals surface area (Å²) >= 11 is 0.933. The normalized spacial score (nSPS) is 23.1. The number of nitrogens with one attached hydrogen (secondary N) is 3. The Kier molecular flexibility index (Phi) is 8.70. The molecule has 22 heteroatoms. The van der Waals surface area contributed by atoms with Gasteiger partial charge in [-0.05, 0) is 0 Å². The molecule has 42 heavy (non-hydrogen) atoms. The summed E-state index contributed by atoms with van der Waals surface area (Å²) in [5, 5.41) is 21.6. The Hall–Kier alpha value is -4.28. The third-order valence-electron chi connectivity index (χ3n) is 6.37. The van der Waals surface area contributed by atoms with E-state index in [1.54, 1.807) is 0 Å². The van der Waals surface area contributed by atoms with Gasteiger partial charge in [0.2, 0.25) is 5.60 Å². The molecule has 3 atom stereocenters. The van der Waals surface area contributed by atoms with Gasteiger partial charge in [-0.1, -0.05) is 5.16 Å². The highest BCUT2D eigenvalue weighted by atomic mass is 32.2. The van der Waals surface area contributed by atoms with E-state index >= 15 is 0 Å². The van der Waals surface area contributed by atoms with Crippen LogP contribution in [0.2, 0.25) is 0 Å². The predicted molar refractivity (Wildman–Crippen MR) is 140 cm³/mol. The number of amides is 5. The first-order chi connectivity index (χ1) is 19.8. The fourth-order valence-corrected chi connectivity index (χ4v) is 5.47. The second-order valence-corrected chi connectivity index (χ2v) is 11.5. The number of carboxylic acid groups (broad SMARTS) is 1. The molecular formula is C20H27N9O11S2. The van der Waals surface area contributed by atoms with Crippen LogP contribution >= 0.6 is 11.3 Å². The van der Waals surface area contributed by atoms with Crippen molar-refractivity contribution in [2.75, 3.05) is 38.5 Å². The number of carbonyl (C=O) groups is 5. The molecule has 3 heterocycles. The zero-order valence-electron chi connectivity index (χ0n) is 21.6. The summed E-state index contributed by atoms with van der Waals surface area (Å²) in [6.45, 7) is -0.302. The number of carbonyl (C=O) groups excluding carboxylic acids is 4. The Morgan fingerprint density at radius 3 is 2.57 bits per heavy atom. The molecule has 1 aliphatic carbocycles. The van der Waals surface area contributed by atoms with Crippen molar-refractivity contribution in [3.05, 3.63) is 11.1 Å². The molecule has 5 amide bonds. The highest BCUT2D eigenvalue weighted by molar-refractivity contribution is 7.84. The lowest BCUT2D eigenvalue weighted by atomic mass is 9.97. The molecular weight excluding hydrogens is 606 g/mol. The molecule has 0 aromatic carbocycles. The molecule has 4 rings (SSSR count). The minimum absolute atomic E-state index is 0.0356. The van der Waals surface area contributed by atoms with Crippen LogP contribution in [0.3, 0.4) is 0 Å². The maximum atomic E-state index is 13.2. The van der Waals surface area contributed by atoms with Gasteiger partial charge in [0.25, 0.3) is 11.8 Å². The van der Waals surface area contributed by atoms with E-state index in [-0.39, 0.29) is 54.2 Å². The summed E-state index contributed by atoms with van der Waals surface area (Å²) in [7, 11) is -5.11. The molecule has 9 N–H and O–H groups in total. The second-order valence-electron chi connectivity index (χ2n) is 9.37. The van der Waals surface area contributed by atoms with Crippen LogP contribution in [0.1, 0.15) is 18.5 Å². The average Bonchev–Trinajstić information content (AvgIpc) is 3.47. The van der Waals surface area contributed by atoms with Gasteiger partial charge < -0.3 is 47.0 Å². The molecule has 2 aliphatic heterocycles. The van der Waals surface area contributed by atoms with Crippen LogP contribution in [0, 0.1) is 0 Å². The van der Waals surface area contributed by atoms with Crippen molar-refractivity contribution < 1.29 is 51.6 Å². The smallest absolute Gasteiger partial charge is 0.410 e. The number of ether oxygens (including phenoxy) is 1.